The molecule has 3 aromatic rings. The molecule has 0 aliphatic rings. The summed E-state index contributed by atoms with van der Waals surface area (Å²) >= 11 is 0. The predicted octanol–water partition coefficient (Wildman–Crippen LogP) is 3.12. The Kier molecular flexibility index (Phi) is 4.83. The number of sulfonamides is 1. The zero-order valence-electron chi connectivity index (χ0n) is 13.8. The van der Waals surface area contributed by atoms with Crippen LogP contribution in [0, 0.1) is 6.92 Å². The standard InChI is InChI=1S/C19H19N3O2S/c1-14-4-2-7-17(10-14)25(23,24)22-12-15-5-3-6-16(11-15)18-8-9-21-13-19(18)20/h2-11,13,22H,12,20H2,1H3. The Morgan fingerprint density at radius 2 is 1.88 bits per heavy atom. The monoisotopic (exact) mass is 353 g/mol. The van der Waals surface area contributed by atoms with E-state index in [0.717, 1.165) is 22.3 Å². The molecule has 128 valence electrons. The van der Waals surface area contributed by atoms with Gasteiger partial charge in [-0.15, -0.1) is 0 Å². The number of pyridine rings is 1. The van der Waals surface area contributed by atoms with E-state index in [4.69, 9.17) is 5.73 Å². The van der Waals surface area contributed by atoms with E-state index in [0.29, 0.717) is 5.69 Å². The minimum Gasteiger partial charge on any atom is -0.397 e. The van der Waals surface area contributed by atoms with Crippen LogP contribution in [0.3, 0.4) is 0 Å². The summed E-state index contributed by atoms with van der Waals surface area (Å²) in [5.74, 6) is 0. The Balaban J connectivity index is 1.80. The fourth-order valence-electron chi connectivity index (χ4n) is 2.56. The minimum atomic E-state index is -3.55. The number of benzene rings is 2. The number of aryl methyl sites for hydroxylation is 1. The molecule has 0 bridgehead atoms. The number of anilines is 1. The SMILES string of the molecule is Cc1cccc(S(=O)(=O)NCc2cccc(-c3ccncc3N)c2)c1. The Bertz CT molecular complexity index is 1000. The quantitative estimate of drug-likeness (QED) is 0.738. The van der Waals surface area contributed by atoms with Crippen LogP contribution in [0.25, 0.3) is 11.1 Å². The van der Waals surface area contributed by atoms with E-state index < -0.39 is 10.0 Å². The summed E-state index contributed by atoms with van der Waals surface area (Å²) in [5.41, 5.74) is 10.1. The largest absolute Gasteiger partial charge is 0.397 e. The van der Waals surface area contributed by atoms with Gasteiger partial charge >= 0.3 is 0 Å². The van der Waals surface area contributed by atoms with E-state index >= 15 is 0 Å². The van der Waals surface area contributed by atoms with Crippen LogP contribution >= 0.6 is 0 Å². The Morgan fingerprint density at radius 3 is 2.64 bits per heavy atom. The lowest BCUT2D eigenvalue weighted by Crippen LogP contribution is -2.23. The molecule has 5 nitrogen and oxygen atoms in total. The van der Waals surface area contributed by atoms with Crippen LogP contribution < -0.4 is 10.5 Å². The molecule has 1 heterocycles. The van der Waals surface area contributed by atoms with Crippen molar-refractivity contribution in [2.75, 3.05) is 5.73 Å². The minimum absolute atomic E-state index is 0.203. The fraction of sp³-hybridized carbons (Fsp3) is 0.105. The second-order valence-corrected chi connectivity index (χ2v) is 7.57. The van der Waals surface area contributed by atoms with Crippen molar-refractivity contribution >= 4 is 15.7 Å². The summed E-state index contributed by atoms with van der Waals surface area (Å²) in [6.07, 6.45) is 3.28. The second-order valence-electron chi connectivity index (χ2n) is 5.80. The van der Waals surface area contributed by atoms with Crippen molar-refractivity contribution in [2.45, 2.75) is 18.4 Å². The first-order valence-corrected chi connectivity index (χ1v) is 9.29. The van der Waals surface area contributed by atoms with Gasteiger partial charge in [-0.05, 0) is 47.9 Å². The van der Waals surface area contributed by atoms with E-state index in [1.54, 1.807) is 30.6 Å². The summed E-state index contributed by atoms with van der Waals surface area (Å²) in [4.78, 5) is 4.25. The van der Waals surface area contributed by atoms with E-state index in [1.165, 1.54) is 0 Å². The van der Waals surface area contributed by atoms with Crippen molar-refractivity contribution in [1.82, 2.24) is 9.71 Å². The van der Waals surface area contributed by atoms with Gasteiger partial charge in [0.15, 0.2) is 0 Å². The van der Waals surface area contributed by atoms with E-state index in [-0.39, 0.29) is 11.4 Å². The van der Waals surface area contributed by atoms with Crippen LogP contribution in [-0.2, 0) is 16.6 Å². The van der Waals surface area contributed by atoms with Crippen molar-refractivity contribution in [2.24, 2.45) is 0 Å². The van der Waals surface area contributed by atoms with Gasteiger partial charge in [0.05, 0.1) is 16.8 Å². The third-order valence-corrected chi connectivity index (χ3v) is 5.25. The van der Waals surface area contributed by atoms with Crippen LogP contribution in [0.5, 0.6) is 0 Å². The number of nitrogens with two attached hydrogens (primary N) is 1. The number of hydrogen-bond donors (Lipinski definition) is 2. The van der Waals surface area contributed by atoms with Gasteiger partial charge < -0.3 is 5.73 Å². The summed E-state index contributed by atoms with van der Waals surface area (Å²) in [5, 5.41) is 0. The highest BCUT2D eigenvalue weighted by Gasteiger charge is 2.13. The summed E-state index contributed by atoms with van der Waals surface area (Å²) in [7, 11) is -3.55. The molecule has 2 aromatic carbocycles. The maximum atomic E-state index is 12.4. The third-order valence-electron chi connectivity index (χ3n) is 3.86. The molecule has 3 N–H and O–H groups in total. The summed E-state index contributed by atoms with van der Waals surface area (Å²) < 4.78 is 27.5. The van der Waals surface area contributed by atoms with Crippen LogP contribution in [0.4, 0.5) is 5.69 Å². The lowest BCUT2D eigenvalue weighted by Gasteiger charge is -2.10. The molecular formula is C19H19N3O2S. The van der Waals surface area contributed by atoms with Crippen LogP contribution in [0.2, 0.25) is 0 Å². The predicted molar refractivity (Wildman–Crippen MR) is 99.3 cm³/mol. The molecule has 0 saturated carbocycles. The van der Waals surface area contributed by atoms with Gasteiger partial charge in [-0.25, -0.2) is 13.1 Å². The molecule has 0 saturated heterocycles. The summed E-state index contributed by atoms with van der Waals surface area (Å²) in [6.45, 7) is 2.07. The molecule has 3 rings (SSSR count). The van der Waals surface area contributed by atoms with E-state index in [2.05, 4.69) is 9.71 Å². The van der Waals surface area contributed by atoms with Crippen molar-refractivity contribution in [3.05, 3.63) is 78.1 Å². The number of nitrogens with one attached hydrogen (secondary N) is 1. The van der Waals surface area contributed by atoms with Gasteiger partial charge in [-0.3, -0.25) is 4.98 Å². The normalized spacial score (nSPS) is 11.4. The Hall–Kier alpha value is -2.70. The molecule has 25 heavy (non-hydrogen) atoms. The van der Waals surface area contributed by atoms with E-state index in [1.807, 2.05) is 43.3 Å². The Morgan fingerprint density at radius 1 is 1.08 bits per heavy atom. The van der Waals surface area contributed by atoms with Crippen molar-refractivity contribution in [3.63, 3.8) is 0 Å². The molecule has 0 fully saturated rings. The van der Waals surface area contributed by atoms with Crippen LogP contribution in [0.15, 0.2) is 71.9 Å². The number of aromatic nitrogens is 1. The van der Waals surface area contributed by atoms with Crippen LogP contribution in [0.1, 0.15) is 11.1 Å². The maximum Gasteiger partial charge on any atom is 0.240 e. The lowest BCUT2D eigenvalue weighted by molar-refractivity contribution is 0.581. The number of nitrogens with zero attached hydrogens (tertiary/aromatic N) is 1. The zero-order valence-corrected chi connectivity index (χ0v) is 14.6. The van der Waals surface area contributed by atoms with Gasteiger partial charge in [-0.1, -0.05) is 30.3 Å². The second kappa shape index (κ2) is 7.04. The Labute approximate surface area is 147 Å². The maximum absolute atomic E-state index is 12.4. The van der Waals surface area contributed by atoms with Crippen molar-refractivity contribution in [1.29, 1.82) is 0 Å². The van der Waals surface area contributed by atoms with E-state index in [9.17, 15) is 8.42 Å². The lowest BCUT2D eigenvalue weighted by atomic mass is 10.0. The van der Waals surface area contributed by atoms with Crippen LogP contribution in [-0.4, -0.2) is 13.4 Å². The molecule has 0 spiro atoms. The summed E-state index contributed by atoms with van der Waals surface area (Å²) in [6, 6.07) is 16.3. The fourth-order valence-corrected chi connectivity index (χ4v) is 3.68. The van der Waals surface area contributed by atoms with Gasteiger partial charge in [0.25, 0.3) is 0 Å². The van der Waals surface area contributed by atoms with Gasteiger partial charge in [-0.2, -0.15) is 0 Å². The molecular weight excluding hydrogens is 334 g/mol. The van der Waals surface area contributed by atoms with Gasteiger partial charge in [0.1, 0.15) is 0 Å². The average Bonchev–Trinajstić information content (AvgIpc) is 2.61. The zero-order chi connectivity index (χ0) is 17.9. The smallest absolute Gasteiger partial charge is 0.240 e. The molecule has 0 atom stereocenters. The molecule has 0 aliphatic carbocycles. The number of nitrogen functional groups attached to an aromatic ring is 1. The number of hydrogen-bond acceptors (Lipinski definition) is 4. The molecule has 0 amide bonds. The molecule has 6 heteroatoms. The first-order valence-electron chi connectivity index (χ1n) is 7.81. The highest BCUT2D eigenvalue weighted by molar-refractivity contribution is 7.89. The van der Waals surface area contributed by atoms with Crippen molar-refractivity contribution in [3.8, 4) is 11.1 Å². The highest BCUT2D eigenvalue weighted by atomic mass is 32.2. The third kappa shape index (κ3) is 4.04. The topological polar surface area (TPSA) is 85.1 Å². The van der Waals surface area contributed by atoms with Gasteiger partial charge in [0, 0.05) is 18.3 Å². The first kappa shape index (κ1) is 17.1. The molecule has 0 aliphatic heterocycles. The number of rotatable bonds is 5. The highest BCUT2D eigenvalue weighted by Crippen LogP contribution is 2.25. The first-order chi connectivity index (χ1) is 12.0. The van der Waals surface area contributed by atoms with Gasteiger partial charge in [0.2, 0.25) is 10.0 Å². The molecule has 1 aromatic heterocycles. The average molecular weight is 353 g/mol. The molecule has 0 unspecified atom stereocenters. The van der Waals surface area contributed by atoms with Crippen molar-refractivity contribution < 1.29 is 8.42 Å². The molecule has 0 radical (unpaired) electrons.